The lowest BCUT2D eigenvalue weighted by molar-refractivity contribution is -0.143. The molecule has 0 radical (unpaired) electrons. The number of amidine groups is 1. The summed E-state index contributed by atoms with van der Waals surface area (Å²) in [4.78, 5) is 28.3. The van der Waals surface area contributed by atoms with E-state index in [0.29, 0.717) is 15.9 Å². The summed E-state index contributed by atoms with van der Waals surface area (Å²) in [5.41, 5.74) is 1.56. The number of carbonyl (C=O) groups excluding carboxylic acids is 1. The second-order valence-corrected chi connectivity index (χ2v) is 10.1. The average molecular weight is 433 g/mol. The van der Waals surface area contributed by atoms with E-state index in [1.54, 1.807) is 17.0 Å². The summed E-state index contributed by atoms with van der Waals surface area (Å²) < 4.78 is 28.9. The molecule has 0 aromatic heterocycles. The number of aliphatic imine (C=N–C) groups is 1. The molecule has 1 aromatic rings. The van der Waals surface area contributed by atoms with Gasteiger partial charge in [-0.1, -0.05) is 29.4 Å². The highest BCUT2D eigenvalue weighted by Crippen LogP contribution is 2.42. The van der Waals surface area contributed by atoms with Crippen molar-refractivity contribution in [2.75, 3.05) is 29.6 Å². The number of anilines is 1. The molecule has 3 rings (SSSR count). The number of nitrogens with zero attached hydrogens (tertiary/aromatic N) is 2. The number of amides is 1. The van der Waals surface area contributed by atoms with Gasteiger partial charge in [-0.05, 0) is 24.6 Å². The van der Waals surface area contributed by atoms with E-state index in [2.05, 4.69) is 4.99 Å². The monoisotopic (exact) mass is 432 g/mol. The van der Waals surface area contributed by atoms with Gasteiger partial charge in [-0.15, -0.1) is 0 Å². The third-order valence-corrected chi connectivity index (χ3v) is 7.61. The second kappa shape index (κ2) is 7.78. The molecular formula is C16H17ClN2O6S2. The predicted molar refractivity (Wildman–Crippen MR) is 103 cm³/mol. The largest absolute Gasteiger partial charge is 0.480 e. The van der Waals surface area contributed by atoms with Gasteiger partial charge in [-0.3, -0.25) is 4.79 Å². The number of sulfone groups is 1. The normalized spacial score (nSPS) is 25.0. The minimum atomic E-state index is -3.17. The van der Waals surface area contributed by atoms with Crippen LogP contribution >= 0.6 is 23.4 Å². The van der Waals surface area contributed by atoms with Crippen LogP contribution in [-0.4, -0.2) is 66.6 Å². The molecule has 2 heterocycles. The second-order valence-electron chi connectivity index (χ2n) is 6.28. The van der Waals surface area contributed by atoms with E-state index in [4.69, 9.17) is 21.4 Å². The number of carbonyl (C=O) groups is 2. The number of rotatable bonds is 5. The maximum atomic E-state index is 12.1. The zero-order chi connectivity index (χ0) is 19.8. The molecule has 2 atom stereocenters. The molecule has 2 saturated heterocycles. The third-order valence-electron chi connectivity index (χ3n) is 4.17. The number of carboxylic acid groups (broad SMARTS) is 1. The Morgan fingerprint density at radius 2 is 2.11 bits per heavy atom. The molecular weight excluding hydrogens is 416 g/mol. The topological polar surface area (TPSA) is 113 Å². The molecule has 11 heteroatoms. The molecule has 2 aliphatic rings. The Kier molecular flexibility index (Phi) is 5.80. The van der Waals surface area contributed by atoms with Gasteiger partial charge in [0.15, 0.2) is 15.0 Å². The first-order valence-electron chi connectivity index (χ1n) is 8.00. The summed E-state index contributed by atoms with van der Waals surface area (Å²) in [6, 6.07) is 4.91. The molecule has 2 fully saturated rings. The summed E-state index contributed by atoms with van der Waals surface area (Å²) in [6.45, 7) is 0.805. The van der Waals surface area contributed by atoms with Gasteiger partial charge in [-0.25, -0.2) is 13.2 Å². The zero-order valence-electron chi connectivity index (χ0n) is 14.3. The molecule has 146 valence electrons. The van der Waals surface area contributed by atoms with E-state index in [0.717, 1.165) is 5.56 Å². The quantitative estimate of drug-likeness (QED) is 0.741. The number of aryl methyl sites for hydroxylation is 1. The van der Waals surface area contributed by atoms with E-state index in [1.807, 2.05) is 13.0 Å². The molecule has 1 amide bonds. The standard InChI is InChI=1S/C16H17ClN2O6S2/c1-9-2-3-10(17)4-11(9)19-12-7-27(23,24)8-13(12)26-16(19)18-14(20)5-25-6-15(21)22/h2-4,12-13H,5-8H2,1H3,(H,21,22)/t12-,13-/m1/s1. The predicted octanol–water partition coefficient (Wildman–Crippen LogP) is 1.35. The van der Waals surface area contributed by atoms with Crippen LogP contribution in [0.4, 0.5) is 5.69 Å². The van der Waals surface area contributed by atoms with E-state index in [9.17, 15) is 18.0 Å². The molecule has 0 aliphatic carbocycles. The minimum absolute atomic E-state index is 0.0151. The van der Waals surface area contributed by atoms with E-state index < -0.39 is 34.9 Å². The summed E-state index contributed by atoms with van der Waals surface area (Å²) in [7, 11) is -3.17. The Morgan fingerprint density at radius 1 is 1.37 bits per heavy atom. The average Bonchev–Trinajstić information content (AvgIpc) is 3.00. The highest BCUT2D eigenvalue weighted by molar-refractivity contribution is 8.16. The molecule has 0 bridgehead atoms. The van der Waals surface area contributed by atoms with Gasteiger partial charge in [0.05, 0.1) is 17.5 Å². The van der Waals surface area contributed by atoms with Crippen molar-refractivity contribution in [1.29, 1.82) is 0 Å². The SMILES string of the molecule is Cc1ccc(Cl)cc1N1C(=NC(=O)COCC(=O)O)S[C@@H]2CS(=O)(=O)C[C@H]21. The summed E-state index contributed by atoms with van der Waals surface area (Å²) in [5.74, 6) is -1.83. The summed E-state index contributed by atoms with van der Waals surface area (Å²) in [6.07, 6.45) is 0. The first kappa shape index (κ1) is 20.1. The Labute approximate surface area is 165 Å². The first-order chi connectivity index (χ1) is 12.7. The summed E-state index contributed by atoms with van der Waals surface area (Å²) >= 11 is 7.34. The molecule has 0 unspecified atom stereocenters. The van der Waals surface area contributed by atoms with Crippen molar-refractivity contribution in [3.05, 3.63) is 28.8 Å². The number of hydrogen-bond donors (Lipinski definition) is 1. The maximum absolute atomic E-state index is 12.1. The van der Waals surface area contributed by atoms with Crippen molar-refractivity contribution >= 4 is 55.9 Å². The number of carboxylic acids is 1. The van der Waals surface area contributed by atoms with E-state index >= 15 is 0 Å². The Bertz CT molecular complexity index is 917. The van der Waals surface area contributed by atoms with Crippen molar-refractivity contribution in [3.8, 4) is 0 Å². The van der Waals surface area contributed by atoms with Gasteiger partial charge < -0.3 is 14.7 Å². The van der Waals surface area contributed by atoms with Crippen LogP contribution in [0, 0.1) is 6.92 Å². The van der Waals surface area contributed by atoms with Gasteiger partial charge in [0, 0.05) is 16.0 Å². The van der Waals surface area contributed by atoms with E-state index in [1.165, 1.54) is 11.8 Å². The van der Waals surface area contributed by atoms with Gasteiger partial charge >= 0.3 is 5.97 Å². The van der Waals surface area contributed by atoms with Crippen LogP contribution in [0.15, 0.2) is 23.2 Å². The van der Waals surface area contributed by atoms with Gasteiger partial charge in [0.2, 0.25) is 0 Å². The number of aliphatic carboxylic acids is 1. The molecule has 8 nitrogen and oxygen atoms in total. The van der Waals surface area contributed by atoms with Crippen LogP contribution < -0.4 is 4.90 Å². The van der Waals surface area contributed by atoms with Gasteiger partial charge in [-0.2, -0.15) is 4.99 Å². The lowest BCUT2D eigenvalue weighted by atomic mass is 10.1. The number of benzene rings is 1. The smallest absolute Gasteiger partial charge is 0.329 e. The number of thioether (sulfide) groups is 1. The maximum Gasteiger partial charge on any atom is 0.329 e. The van der Waals surface area contributed by atoms with Crippen LogP contribution in [0.25, 0.3) is 0 Å². The molecule has 0 saturated carbocycles. The lowest BCUT2D eigenvalue weighted by Crippen LogP contribution is -2.38. The minimum Gasteiger partial charge on any atom is -0.480 e. The summed E-state index contributed by atoms with van der Waals surface area (Å²) in [5, 5.41) is 9.18. The Morgan fingerprint density at radius 3 is 2.81 bits per heavy atom. The fraction of sp³-hybridized carbons (Fsp3) is 0.438. The highest BCUT2D eigenvalue weighted by Gasteiger charge is 2.49. The first-order valence-corrected chi connectivity index (χ1v) is 11.1. The fourth-order valence-electron chi connectivity index (χ4n) is 3.05. The van der Waals surface area contributed by atoms with Crippen LogP contribution in [0.1, 0.15) is 5.56 Å². The van der Waals surface area contributed by atoms with Crippen molar-refractivity contribution < 1.29 is 27.9 Å². The number of ether oxygens (including phenoxy) is 1. The Hall–Kier alpha value is -1.62. The number of halogens is 1. The molecule has 1 N–H and O–H groups in total. The van der Waals surface area contributed by atoms with Crippen molar-refractivity contribution in [2.24, 2.45) is 4.99 Å². The fourth-order valence-corrected chi connectivity index (χ4v) is 7.14. The van der Waals surface area contributed by atoms with Crippen LogP contribution in [0.3, 0.4) is 0 Å². The van der Waals surface area contributed by atoms with Gasteiger partial charge in [0.1, 0.15) is 13.2 Å². The molecule has 1 aromatic carbocycles. The van der Waals surface area contributed by atoms with Crippen LogP contribution in [0.5, 0.6) is 0 Å². The molecule has 2 aliphatic heterocycles. The third kappa shape index (κ3) is 4.63. The molecule has 27 heavy (non-hydrogen) atoms. The van der Waals surface area contributed by atoms with Gasteiger partial charge in [0.25, 0.3) is 5.91 Å². The van der Waals surface area contributed by atoms with Crippen LogP contribution in [-0.2, 0) is 24.2 Å². The Balaban J connectivity index is 1.91. The lowest BCUT2D eigenvalue weighted by Gasteiger charge is -2.26. The van der Waals surface area contributed by atoms with E-state index in [-0.39, 0.29) is 22.8 Å². The number of fused-ring (bicyclic) bond motifs is 1. The highest BCUT2D eigenvalue weighted by atomic mass is 35.5. The van der Waals surface area contributed by atoms with Crippen LogP contribution in [0.2, 0.25) is 5.02 Å². The number of hydrogen-bond acceptors (Lipinski definition) is 6. The molecule has 0 spiro atoms. The van der Waals surface area contributed by atoms with Crippen molar-refractivity contribution in [2.45, 2.75) is 18.2 Å². The van der Waals surface area contributed by atoms with Crippen molar-refractivity contribution in [1.82, 2.24) is 0 Å². The zero-order valence-corrected chi connectivity index (χ0v) is 16.7. The van der Waals surface area contributed by atoms with Crippen molar-refractivity contribution in [3.63, 3.8) is 0 Å².